The summed E-state index contributed by atoms with van der Waals surface area (Å²) in [7, 11) is 0. The molecule has 3 heterocycles. The van der Waals surface area contributed by atoms with Gasteiger partial charge in [-0.15, -0.1) is 0 Å². The molecule has 1 aromatic rings. The molecular weight excluding hydrogens is 238 g/mol. The lowest BCUT2D eigenvalue weighted by molar-refractivity contribution is -0.188. The minimum Gasteiger partial charge on any atom is -0.367 e. The zero-order chi connectivity index (χ0) is 13.0. The first kappa shape index (κ1) is 11.2. The van der Waals surface area contributed by atoms with Gasteiger partial charge in [-0.1, -0.05) is 30.3 Å². The highest BCUT2D eigenvalue weighted by molar-refractivity contribution is 5.99. The van der Waals surface area contributed by atoms with Gasteiger partial charge in [-0.3, -0.25) is 4.79 Å². The third-order valence-electron chi connectivity index (χ3n) is 4.53. The van der Waals surface area contributed by atoms with Crippen LogP contribution in [0.25, 0.3) is 0 Å². The van der Waals surface area contributed by atoms with Crippen molar-refractivity contribution in [1.82, 2.24) is 5.32 Å². The molecular formula is C16H17NO2. The number of hydrogen-bond donors (Lipinski definition) is 1. The largest absolute Gasteiger partial charge is 0.367 e. The Labute approximate surface area is 112 Å². The molecule has 0 aromatic heterocycles. The van der Waals surface area contributed by atoms with E-state index in [-0.39, 0.29) is 23.7 Å². The molecule has 3 heteroatoms. The molecule has 1 N–H and O–H groups in total. The topological polar surface area (TPSA) is 38.3 Å². The van der Waals surface area contributed by atoms with Gasteiger partial charge in [-0.25, -0.2) is 0 Å². The predicted molar refractivity (Wildman–Crippen MR) is 71.6 cm³/mol. The van der Waals surface area contributed by atoms with Crippen LogP contribution in [0.3, 0.4) is 0 Å². The number of benzene rings is 1. The number of carbonyl (C=O) groups is 1. The molecule has 1 aromatic carbocycles. The summed E-state index contributed by atoms with van der Waals surface area (Å²) >= 11 is 0. The second kappa shape index (κ2) is 3.70. The highest BCUT2D eigenvalue weighted by atomic mass is 16.5. The van der Waals surface area contributed by atoms with E-state index in [9.17, 15) is 4.79 Å². The van der Waals surface area contributed by atoms with Crippen LogP contribution in [0.15, 0.2) is 41.5 Å². The van der Waals surface area contributed by atoms with Crippen molar-refractivity contribution in [3.63, 3.8) is 0 Å². The Hall–Kier alpha value is -1.61. The van der Waals surface area contributed by atoms with E-state index >= 15 is 0 Å². The minimum absolute atomic E-state index is 0.0231. The lowest BCUT2D eigenvalue weighted by Gasteiger charge is -2.50. The molecule has 1 amide bonds. The van der Waals surface area contributed by atoms with Gasteiger partial charge >= 0.3 is 0 Å². The third kappa shape index (κ3) is 1.65. The molecule has 1 aliphatic carbocycles. The first-order valence-electron chi connectivity index (χ1n) is 6.90. The highest BCUT2D eigenvalue weighted by Gasteiger charge is 2.54. The maximum atomic E-state index is 12.1. The zero-order valence-electron chi connectivity index (χ0n) is 11.0. The van der Waals surface area contributed by atoms with Crippen molar-refractivity contribution in [1.29, 1.82) is 0 Å². The molecule has 3 nitrogen and oxygen atoms in total. The highest BCUT2D eigenvalue weighted by Crippen LogP contribution is 2.49. The average molecular weight is 255 g/mol. The molecule has 1 unspecified atom stereocenters. The van der Waals surface area contributed by atoms with Crippen molar-refractivity contribution in [2.75, 3.05) is 0 Å². The van der Waals surface area contributed by atoms with Gasteiger partial charge in [0, 0.05) is 18.4 Å². The summed E-state index contributed by atoms with van der Waals surface area (Å²) in [6.45, 7) is 2.15. The van der Waals surface area contributed by atoms with E-state index in [0.29, 0.717) is 0 Å². The number of nitrogens with one attached hydrogen (secondary N) is 1. The first-order valence-corrected chi connectivity index (χ1v) is 6.90. The second-order valence-corrected chi connectivity index (χ2v) is 6.09. The molecule has 5 rings (SSSR count). The Morgan fingerprint density at radius 1 is 1.37 bits per heavy atom. The summed E-state index contributed by atoms with van der Waals surface area (Å²) < 4.78 is 5.83. The van der Waals surface area contributed by atoms with Crippen LogP contribution in [0.2, 0.25) is 0 Å². The van der Waals surface area contributed by atoms with Gasteiger partial charge in [0.1, 0.15) is 0 Å². The van der Waals surface area contributed by atoms with Crippen LogP contribution in [0.1, 0.15) is 25.3 Å². The fourth-order valence-electron chi connectivity index (χ4n) is 3.66. The van der Waals surface area contributed by atoms with Crippen molar-refractivity contribution in [2.24, 2.45) is 0 Å². The van der Waals surface area contributed by atoms with Gasteiger partial charge in [0.05, 0.1) is 17.7 Å². The maximum Gasteiger partial charge on any atom is 0.250 e. The van der Waals surface area contributed by atoms with Gasteiger partial charge in [0.25, 0.3) is 0 Å². The van der Waals surface area contributed by atoms with Crippen molar-refractivity contribution in [3.8, 4) is 0 Å². The van der Waals surface area contributed by atoms with Gasteiger partial charge in [0.15, 0.2) is 0 Å². The molecule has 4 aliphatic rings. The average Bonchev–Trinajstić information content (AvgIpc) is 2.66. The Morgan fingerprint density at radius 2 is 2.11 bits per heavy atom. The van der Waals surface area contributed by atoms with Crippen LogP contribution in [0.5, 0.6) is 0 Å². The van der Waals surface area contributed by atoms with Crippen LogP contribution in [-0.4, -0.2) is 23.7 Å². The van der Waals surface area contributed by atoms with Gasteiger partial charge in [-0.05, 0) is 24.5 Å². The molecule has 2 bridgehead atoms. The fourth-order valence-corrected chi connectivity index (χ4v) is 3.66. The first-order chi connectivity index (χ1) is 9.15. The van der Waals surface area contributed by atoms with E-state index in [4.69, 9.17) is 4.74 Å². The standard InChI is InChI=1S/C16H17NO2/c1-16-8-11-12(7-10-5-3-2-4-6-10)17-15(18)14(11)13(9-16)19-16/h2-6,12-13H,7-9H2,1H3,(H,17,18)/t12-,13?,16+/m0/s1. The number of hydrogen-bond acceptors (Lipinski definition) is 2. The fraction of sp³-hybridized carbons (Fsp3) is 0.438. The third-order valence-corrected chi connectivity index (χ3v) is 4.53. The molecule has 1 saturated heterocycles. The molecule has 0 radical (unpaired) electrons. The monoisotopic (exact) mass is 255 g/mol. The van der Waals surface area contributed by atoms with Crippen LogP contribution >= 0.6 is 0 Å². The van der Waals surface area contributed by atoms with E-state index in [0.717, 1.165) is 24.8 Å². The quantitative estimate of drug-likeness (QED) is 0.877. The molecule has 0 saturated carbocycles. The molecule has 19 heavy (non-hydrogen) atoms. The van der Waals surface area contributed by atoms with E-state index in [1.807, 2.05) is 18.2 Å². The van der Waals surface area contributed by atoms with Crippen LogP contribution in [0, 0.1) is 0 Å². The van der Waals surface area contributed by atoms with Crippen LogP contribution < -0.4 is 5.32 Å². The maximum absolute atomic E-state index is 12.1. The van der Waals surface area contributed by atoms with Crippen molar-refractivity contribution < 1.29 is 9.53 Å². The number of carbonyl (C=O) groups excluding carboxylic acids is 1. The van der Waals surface area contributed by atoms with Gasteiger partial charge in [-0.2, -0.15) is 0 Å². The molecule has 3 aliphatic heterocycles. The predicted octanol–water partition coefficient (Wildman–Crippen LogP) is 1.98. The Balaban J connectivity index is 1.63. The van der Waals surface area contributed by atoms with E-state index in [2.05, 4.69) is 24.4 Å². The van der Waals surface area contributed by atoms with Gasteiger partial charge < -0.3 is 10.1 Å². The Kier molecular flexibility index (Phi) is 2.19. The van der Waals surface area contributed by atoms with Crippen molar-refractivity contribution in [3.05, 3.63) is 47.0 Å². The second-order valence-electron chi connectivity index (χ2n) is 6.09. The molecule has 3 atom stereocenters. The van der Waals surface area contributed by atoms with Crippen LogP contribution in [-0.2, 0) is 16.0 Å². The molecule has 98 valence electrons. The zero-order valence-corrected chi connectivity index (χ0v) is 11.0. The normalized spacial score (nSPS) is 35.7. The number of ether oxygens (including phenoxy) is 1. The SMILES string of the molecule is C[C@@]12CC3=C(C(=O)N[C@H]3Cc3ccccc3)C(C1)O2. The van der Waals surface area contributed by atoms with Crippen molar-refractivity contribution >= 4 is 5.91 Å². The van der Waals surface area contributed by atoms with E-state index in [1.165, 1.54) is 11.1 Å². The number of rotatable bonds is 2. The Bertz CT molecular complexity index is 570. The van der Waals surface area contributed by atoms with Crippen molar-refractivity contribution in [2.45, 2.75) is 43.9 Å². The lowest BCUT2D eigenvalue weighted by Crippen LogP contribution is -2.53. The summed E-state index contributed by atoms with van der Waals surface area (Å²) in [6.07, 6.45) is 2.83. The summed E-state index contributed by atoms with van der Waals surface area (Å²) in [4.78, 5) is 12.1. The van der Waals surface area contributed by atoms with E-state index < -0.39 is 0 Å². The number of amides is 1. The minimum atomic E-state index is -0.0231. The summed E-state index contributed by atoms with van der Waals surface area (Å²) in [5, 5.41) is 3.13. The molecule has 0 spiro atoms. The summed E-state index contributed by atoms with van der Waals surface area (Å²) in [5.41, 5.74) is 3.46. The van der Waals surface area contributed by atoms with Gasteiger partial charge in [0.2, 0.25) is 5.91 Å². The smallest absolute Gasteiger partial charge is 0.250 e. The molecule has 1 fully saturated rings. The Morgan fingerprint density at radius 3 is 2.84 bits per heavy atom. The van der Waals surface area contributed by atoms with Crippen LogP contribution in [0.4, 0.5) is 0 Å². The van der Waals surface area contributed by atoms with E-state index in [1.54, 1.807) is 0 Å². The summed E-state index contributed by atoms with van der Waals surface area (Å²) in [5.74, 6) is 0.0858. The lowest BCUT2D eigenvalue weighted by atomic mass is 9.73. The summed E-state index contributed by atoms with van der Waals surface area (Å²) in [6, 6.07) is 10.5.